The topological polar surface area (TPSA) is 71.8 Å². The summed E-state index contributed by atoms with van der Waals surface area (Å²) in [5.41, 5.74) is 5.67. The second-order valence-corrected chi connectivity index (χ2v) is 4.75. The number of nitrogens with two attached hydrogens (primary N) is 1. The molecule has 0 spiro atoms. The summed E-state index contributed by atoms with van der Waals surface area (Å²) in [6.45, 7) is 6.44. The summed E-state index contributed by atoms with van der Waals surface area (Å²) < 4.78 is 0. The van der Waals surface area contributed by atoms with Crippen LogP contribution in [0.3, 0.4) is 0 Å². The summed E-state index contributed by atoms with van der Waals surface area (Å²) in [5.74, 6) is 0. The van der Waals surface area contributed by atoms with Crippen molar-refractivity contribution >= 4 is 10.8 Å². The Balaban J connectivity index is 0.000000686. The van der Waals surface area contributed by atoms with E-state index >= 15 is 0 Å². The van der Waals surface area contributed by atoms with Gasteiger partial charge in [-0.05, 0) is 30.2 Å². The van der Waals surface area contributed by atoms with E-state index in [-0.39, 0.29) is 11.0 Å². The number of nitrogens with one attached hydrogen (secondary N) is 1. The lowest BCUT2D eigenvalue weighted by Crippen LogP contribution is -2.12. The van der Waals surface area contributed by atoms with Crippen molar-refractivity contribution < 1.29 is 0 Å². The molecule has 0 saturated carbocycles. The summed E-state index contributed by atoms with van der Waals surface area (Å²) in [4.78, 5) is 11.4. The summed E-state index contributed by atoms with van der Waals surface area (Å²) in [5, 5.41) is 7.81. The Hall–Kier alpha value is -1.68. The highest BCUT2D eigenvalue weighted by molar-refractivity contribution is 5.81. The number of aromatic nitrogens is 2. The van der Waals surface area contributed by atoms with Crippen molar-refractivity contribution in [3.63, 3.8) is 0 Å². The first-order valence-electron chi connectivity index (χ1n) is 5.54. The Bertz CT molecular complexity index is 552. The Labute approximate surface area is 101 Å². The lowest BCUT2D eigenvalue weighted by molar-refractivity contribution is 0.591. The molecule has 0 amide bonds. The van der Waals surface area contributed by atoms with Crippen molar-refractivity contribution in [1.82, 2.24) is 10.2 Å². The summed E-state index contributed by atoms with van der Waals surface area (Å²) in [6, 6.07) is 5.88. The van der Waals surface area contributed by atoms with Gasteiger partial charge in [-0.1, -0.05) is 26.8 Å². The molecule has 92 valence electrons. The van der Waals surface area contributed by atoms with Gasteiger partial charge in [-0.15, -0.1) is 0 Å². The number of fused-ring (bicyclic) bond motifs is 1. The molecule has 1 aromatic carbocycles. The summed E-state index contributed by atoms with van der Waals surface area (Å²) in [6.07, 6.45) is 1.69. The van der Waals surface area contributed by atoms with Gasteiger partial charge in [-0.2, -0.15) is 5.10 Å². The van der Waals surface area contributed by atoms with Crippen LogP contribution in [-0.2, 0) is 5.41 Å². The molecule has 0 aliphatic heterocycles. The molecule has 0 aliphatic rings. The van der Waals surface area contributed by atoms with Crippen LogP contribution >= 0.6 is 0 Å². The number of aromatic amines is 1. The van der Waals surface area contributed by atoms with Gasteiger partial charge in [0.15, 0.2) is 0 Å². The van der Waals surface area contributed by atoms with Crippen LogP contribution in [0.5, 0.6) is 0 Å². The minimum Gasteiger partial charge on any atom is -0.333 e. The molecule has 0 atom stereocenters. The summed E-state index contributed by atoms with van der Waals surface area (Å²) >= 11 is 0. The average molecular weight is 233 g/mol. The van der Waals surface area contributed by atoms with Crippen LogP contribution in [0.4, 0.5) is 0 Å². The van der Waals surface area contributed by atoms with Gasteiger partial charge in [-0.25, -0.2) is 5.10 Å². The molecule has 4 heteroatoms. The van der Waals surface area contributed by atoms with E-state index in [1.807, 2.05) is 18.2 Å². The third-order valence-electron chi connectivity index (χ3n) is 2.53. The van der Waals surface area contributed by atoms with Gasteiger partial charge in [0.2, 0.25) is 0 Å². The number of benzene rings is 1. The second-order valence-electron chi connectivity index (χ2n) is 4.75. The van der Waals surface area contributed by atoms with E-state index in [0.717, 1.165) is 5.39 Å². The Kier molecular flexibility index (Phi) is 4.02. The van der Waals surface area contributed by atoms with E-state index < -0.39 is 0 Å². The van der Waals surface area contributed by atoms with Crippen molar-refractivity contribution in [3.05, 3.63) is 40.3 Å². The van der Waals surface area contributed by atoms with Crippen LogP contribution in [0.25, 0.3) is 10.8 Å². The molecule has 17 heavy (non-hydrogen) atoms. The summed E-state index contributed by atoms with van der Waals surface area (Å²) in [7, 11) is 1.50. The number of hydrogen-bond donors (Lipinski definition) is 2. The third kappa shape index (κ3) is 2.91. The lowest BCUT2D eigenvalue weighted by Gasteiger charge is -2.19. The fourth-order valence-electron chi connectivity index (χ4n) is 1.56. The van der Waals surface area contributed by atoms with Gasteiger partial charge in [0.05, 0.1) is 11.6 Å². The zero-order valence-corrected chi connectivity index (χ0v) is 10.7. The fourth-order valence-corrected chi connectivity index (χ4v) is 1.56. The molecule has 0 radical (unpaired) electrons. The highest BCUT2D eigenvalue weighted by Crippen LogP contribution is 2.24. The lowest BCUT2D eigenvalue weighted by atomic mass is 9.86. The molecule has 0 bridgehead atoms. The number of nitrogens with zero attached hydrogens (tertiary/aromatic N) is 1. The zero-order chi connectivity index (χ0) is 13.1. The van der Waals surface area contributed by atoms with Crippen LogP contribution in [-0.4, -0.2) is 17.2 Å². The maximum Gasteiger partial charge on any atom is 0.272 e. The fraction of sp³-hybridized carbons (Fsp3) is 0.385. The number of H-pyrrole nitrogens is 1. The molecule has 3 N–H and O–H groups in total. The van der Waals surface area contributed by atoms with Gasteiger partial charge in [0, 0.05) is 5.39 Å². The maximum atomic E-state index is 11.4. The van der Waals surface area contributed by atoms with E-state index in [1.54, 1.807) is 6.20 Å². The minimum absolute atomic E-state index is 0.0940. The van der Waals surface area contributed by atoms with Crippen molar-refractivity contribution in [1.29, 1.82) is 0 Å². The molecule has 0 aliphatic carbocycles. The van der Waals surface area contributed by atoms with E-state index in [9.17, 15) is 4.79 Å². The third-order valence-corrected chi connectivity index (χ3v) is 2.53. The van der Waals surface area contributed by atoms with Crippen LogP contribution < -0.4 is 11.3 Å². The smallest absolute Gasteiger partial charge is 0.272 e. The number of hydrogen-bond acceptors (Lipinski definition) is 3. The van der Waals surface area contributed by atoms with Crippen LogP contribution in [0, 0.1) is 0 Å². The molecule has 0 unspecified atom stereocenters. The molecular formula is C13H19N3O. The highest BCUT2D eigenvalue weighted by Gasteiger charge is 2.14. The largest absolute Gasteiger partial charge is 0.333 e. The standard InChI is InChI=1S/C12H14N2O.CH5N/c1-12(2,3)9-4-5-10-8(6-9)7-13-14-11(10)15;1-2/h4-7H,1-3H3,(H,14,15);2H2,1H3. The van der Waals surface area contributed by atoms with Gasteiger partial charge in [0.1, 0.15) is 0 Å². The Morgan fingerprint density at radius 1 is 1.24 bits per heavy atom. The SMILES string of the molecule is CC(C)(C)c1ccc2c(=O)[nH]ncc2c1.CN. The van der Waals surface area contributed by atoms with Crippen molar-refractivity contribution in [2.45, 2.75) is 26.2 Å². The number of rotatable bonds is 0. The molecule has 2 aromatic rings. The second kappa shape index (κ2) is 5.10. The molecule has 1 heterocycles. The van der Waals surface area contributed by atoms with Gasteiger partial charge >= 0.3 is 0 Å². The molecular weight excluding hydrogens is 214 g/mol. The van der Waals surface area contributed by atoms with Gasteiger partial charge in [-0.3, -0.25) is 4.79 Å². The van der Waals surface area contributed by atoms with Gasteiger partial charge < -0.3 is 5.73 Å². The predicted molar refractivity (Wildman–Crippen MR) is 71.2 cm³/mol. The first-order valence-corrected chi connectivity index (χ1v) is 5.54. The Morgan fingerprint density at radius 2 is 1.88 bits per heavy atom. The first kappa shape index (κ1) is 13.4. The maximum absolute atomic E-state index is 11.4. The van der Waals surface area contributed by atoms with E-state index in [1.165, 1.54) is 12.6 Å². The van der Waals surface area contributed by atoms with Crippen molar-refractivity contribution in [2.24, 2.45) is 5.73 Å². The van der Waals surface area contributed by atoms with E-state index in [4.69, 9.17) is 0 Å². The molecule has 1 aromatic heterocycles. The van der Waals surface area contributed by atoms with Crippen molar-refractivity contribution in [2.75, 3.05) is 7.05 Å². The minimum atomic E-state index is -0.132. The van der Waals surface area contributed by atoms with E-state index in [2.05, 4.69) is 36.7 Å². The molecule has 0 saturated heterocycles. The van der Waals surface area contributed by atoms with Crippen LogP contribution in [0.15, 0.2) is 29.2 Å². The molecule has 2 rings (SSSR count). The van der Waals surface area contributed by atoms with Crippen LogP contribution in [0.1, 0.15) is 26.3 Å². The quantitative estimate of drug-likeness (QED) is 0.728. The predicted octanol–water partition coefficient (Wildman–Crippen LogP) is 1.80. The first-order chi connectivity index (χ1) is 7.98. The van der Waals surface area contributed by atoms with Crippen LogP contribution in [0.2, 0.25) is 0 Å². The van der Waals surface area contributed by atoms with Gasteiger partial charge in [0.25, 0.3) is 5.56 Å². The Morgan fingerprint density at radius 3 is 2.47 bits per heavy atom. The normalized spacial score (nSPS) is 10.9. The molecule has 4 nitrogen and oxygen atoms in total. The zero-order valence-electron chi connectivity index (χ0n) is 10.7. The highest BCUT2D eigenvalue weighted by atomic mass is 16.1. The average Bonchev–Trinajstić information content (AvgIpc) is 2.30. The molecule has 0 fully saturated rings. The van der Waals surface area contributed by atoms with E-state index in [0.29, 0.717) is 5.39 Å². The van der Waals surface area contributed by atoms with Crippen molar-refractivity contribution in [3.8, 4) is 0 Å². The monoisotopic (exact) mass is 233 g/mol.